The lowest BCUT2D eigenvalue weighted by Gasteiger charge is -2.34. The number of ether oxygens (including phenoxy) is 2. The minimum atomic E-state index is -3.78. The zero-order chi connectivity index (χ0) is 30.7. The van der Waals surface area contributed by atoms with E-state index in [0.29, 0.717) is 41.5 Å². The summed E-state index contributed by atoms with van der Waals surface area (Å²) in [6, 6.07) is 28.8. The minimum Gasteiger partial charge on any atom is -0.483 e. The molecule has 1 N–H and O–H groups in total. The number of aryl methyl sites for hydroxylation is 2. The second-order valence-electron chi connectivity index (χ2n) is 10.8. The molecule has 0 saturated carbocycles. The predicted octanol–water partition coefficient (Wildman–Crippen LogP) is 4.63. The van der Waals surface area contributed by atoms with Gasteiger partial charge >= 0.3 is 0 Å². The molecule has 4 aromatic carbocycles. The topological polar surface area (TPSA) is 105 Å². The summed E-state index contributed by atoms with van der Waals surface area (Å²) >= 11 is 0. The number of anilines is 2. The van der Waals surface area contributed by atoms with Gasteiger partial charge in [0.05, 0.1) is 22.8 Å². The number of sulfonamides is 1. The Morgan fingerprint density at radius 3 is 2.45 bits per heavy atom. The second-order valence-corrected chi connectivity index (χ2v) is 12.7. The van der Waals surface area contributed by atoms with Crippen LogP contribution in [0.25, 0.3) is 0 Å². The molecular formula is C34H33N3O6S. The fraction of sp³-hybridized carbons (Fsp3) is 0.235. The van der Waals surface area contributed by atoms with E-state index in [1.807, 2.05) is 54.6 Å². The number of carbonyl (C=O) groups excluding carboxylic acids is 2. The van der Waals surface area contributed by atoms with Crippen LogP contribution in [0.1, 0.15) is 23.1 Å². The van der Waals surface area contributed by atoms with Crippen molar-refractivity contribution in [3.05, 3.63) is 114 Å². The van der Waals surface area contributed by atoms with Crippen molar-refractivity contribution in [2.45, 2.75) is 37.3 Å². The maximum Gasteiger partial charge on any atom is 0.265 e. The van der Waals surface area contributed by atoms with Crippen molar-refractivity contribution in [1.29, 1.82) is 0 Å². The largest absolute Gasteiger partial charge is 0.483 e. The van der Waals surface area contributed by atoms with Crippen molar-refractivity contribution < 1.29 is 27.5 Å². The van der Waals surface area contributed by atoms with Crippen LogP contribution in [0.15, 0.2) is 102 Å². The molecule has 0 fully saturated rings. The summed E-state index contributed by atoms with van der Waals surface area (Å²) in [5.41, 5.74) is 3.81. The molecule has 1 unspecified atom stereocenters. The molecule has 2 aliphatic rings. The van der Waals surface area contributed by atoms with Gasteiger partial charge in [0, 0.05) is 13.1 Å². The number of nitrogens with one attached hydrogen (secondary N) is 1. The fourth-order valence-electron chi connectivity index (χ4n) is 5.54. The van der Waals surface area contributed by atoms with Crippen LogP contribution in [0.5, 0.6) is 11.5 Å². The van der Waals surface area contributed by atoms with Crippen LogP contribution in [-0.4, -0.2) is 46.0 Å². The Morgan fingerprint density at radius 2 is 1.66 bits per heavy atom. The molecule has 0 radical (unpaired) electrons. The lowest BCUT2D eigenvalue weighted by atomic mass is 10.0. The molecule has 9 nitrogen and oxygen atoms in total. The summed E-state index contributed by atoms with van der Waals surface area (Å²) in [6.07, 6.45) is 0.691. The third-order valence-electron chi connectivity index (χ3n) is 7.83. The van der Waals surface area contributed by atoms with Crippen LogP contribution in [-0.2, 0) is 32.6 Å². The third kappa shape index (κ3) is 5.98. The molecule has 2 heterocycles. The average Bonchev–Trinajstić information content (AvgIpc) is 3.06. The van der Waals surface area contributed by atoms with E-state index >= 15 is 0 Å². The number of amides is 2. The van der Waals surface area contributed by atoms with Crippen molar-refractivity contribution in [2.24, 2.45) is 0 Å². The van der Waals surface area contributed by atoms with Crippen molar-refractivity contribution in [1.82, 2.24) is 5.32 Å². The molecule has 2 amide bonds. The molecule has 4 aromatic rings. The Kier molecular flexibility index (Phi) is 8.25. The zero-order valence-electron chi connectivity index (χ0n) is 24.3. The Balaban J connectivity index is 1.14. The highest BCUT2D eigenvalue weighted by molar-refractivity contribution is 7.92. The molecule has 6 rings (SSSR count). The van der Waals surface area contributed by atoms with E-state index in [0.717, 1.165) is 24.0 Å². The van der Waals surface area contributed by atoms with Gasteiger partial charge in [-0.1, -0.05) is 60.7 Å². The Bertz CT molecular complexity index is 1790. The fourth-order valence-corrected chi connectivity index (χ4v) is 7.17. The Morgan fingerprint density at radius 1 is 0.932 bits per heavy atom. The van der Waals surface area contributed by atoms with Gasteiger partial charge in [0.25, 0.3) is 21.8 Å². The monoisotopic (exact) mass is 611 g/mol. The zero-order valence-corrected chi connectivity index (χ0v) is 25.1. The molecule has 0 aliphatic carbocycles. The van der Waals surface area contributed by atoms with Gasteiger partial charge in [-0.3, -0.25) is 13.9 Å². The first-order chi connectivity index (χ1) is 21.3. The minimum absolute atomic E-state index is 0.0211. The molecule has 1 atom stereocenters. The number of para-hydroxylation sites is 3. The van der Waals surface area contributed by atoms with Gasteiger partial charge in [-0.05, 0) is 72.9 Å². The van der Waals surface area contributed by atoms with Gasteiger partial charge in [-0.2, -0.15) is 0 Å². The van der Waals surface area contributed by atoms with Crippen LogP contribution < -0.4 is 24.0 Å². The van der Waals surface area contributed by atoms with Crippen molar-refractivity contribution >= 4 is 33.2 Å². The standard InChI is InChI=1S/C34H33N3O6S/c1-24-20-27(44(40,41)37-19-9-13-26-12-5-6-14-28(26)37)17-18-30(24)42-23-33(38)36-22-32(43-31-16-8-7-15-29(31)36)34(39)35-21-25-10-3-2-4-11-25/h2-8,10-12,14-18,20,32H,9,13,19,21-23H2,1H3,(H,35,39). The molecular weight excluding hydrogens is 578 g/mol. The van der Waals surface area contributed by atoms with Crippen molar-refractivity contribution in [3.63, 3.8) is 0 Å². The SMILES string of the molecule is Cc1cc(S(=O)(=O)N2CCCc3ccccc32)ccc1OCC(=O)N1CC(C(=O)NCc2ccccc2)Oc2ccccc21. The molecule has 226 valence electrons. The van der Waals surface area contributed by atoms with E-state index in [9.17, 15) is 18.0 Å². The number of nitrogens with zero attached hydrogens (tertiary/aromatic N) is 2. The van der Waals surface area contributed by atoms with E-state index in [4.69, 9.17) is 9.47 Å². The summed E-state index contributed by atoms with van der Waals surface area (Å²) in [7, 11) is -3.78. The lowest BCUT2D eigenvalue weighted by molar-refractivity contribution is -0.128. The maximum atomic E-state index is 13.6. The van der Waals surface area contributed by atoms with Crippen LogP contribution in [0, 0.1) is 6.92 Å². The average molecular weight is 612 g/mol. The summed E-state index contributed by atoms with van der Waals surface area (Å²) in [5, 5.41) is 2.89. The second kappa shape index (κ2) is 12.4. The molecule has 0 aromatic heterocycles. The van der Waals surface area contributed by atoms with E-state index < -0.39 is 16.1 Å². The summed E-state index contributed by atoms with van der Waals surface area (Å²) in [5.74, 6) is 0.140. The molecule has 0 bridgehead atoms. The van der Waals surface area contributed by atoms with Gasteiger partial charge in [0.15, 0.2) is 12.7 Å². The normalized spacial score (nSPS) is 15.9. The van der Waals surface area contributed by atoms with Crippen LogP contribution in [0.2, 0.25) is 0 Å². The molecule has 2 aliphatic heterocycles. The van der Waals surface area contributed by atoms with Gasteiger partial charge in [0.1, 0.15) is 11.5 Å². The van der Waals surface area contributed by atoms with E-state index in [1.54, 1.807) is 43.3 Å². The Labute approximate surface area is 257 Å². The first kappa shape index (κ1) is 29.3. The first-order valence-electron chi connectivity index (χ1n) is 14.5. The van der Waals surface area contributed by atoms with Gasteiger partial charge in [-0.15, -0.1) is 0 Å². The van der Waals surface area contributed by atoms with Gasteiger partial charge < -0.3 is 19.7 Å². The highest BCUT2D eigenvalue weighted by atomic mass is 32.2. The van der Waals surface area contributed by atoms with Gasteiger partial charge in [0.2, 0.25) is 0 Å². The molecule has 44 heavy (non-hydrogen) atoms. The van der Waals surface area contributed by atoms with E-state index in [2.05, 4.69) is 5.32 Å². The Hall–Kier alpha value is -4.83. The first-order valence-corrected chi connectivity index (χ1v) is 16.0. The van der Waals surface area contributed by atoms with E-state index in [-0.39, 0.29) is 29.9 Å². The number of rotatable bonds is 8. The predicted molar refractivity (Wildman–Crippen MR) is 167 cm³/mol. The highest BCUT2D eigenvalue weighted by Crippen LogP contribution is 2.35. The van der Waals surface area contributed by atoms with Crippen molar-refractivity contribution in [2.75, 3.05) is 28.9 Å². The van der Waals surface area contributed by atoms with E-state index in [1.165, 1.54) is 15.3 Å². The molecule has 0 saturated heterocycles. The van der Waals surface area contributed by atoms with Gasteiger partial charge in [-0.25, -0.2) is 8.42 Å². The number of benzene rings is 4. The third-order valence-corrected chi connectivity index (χ3v) is 9.64. The molecule has 10 heteroatoms. The quantitative estimate of drug-likeness (QED) is 0.312. The summed E-state index contributed by atoms with van der Waals surface area (Å²) in [6.45, 7) is 2.22. The summed E-state index contributed by atoms with van der Waals surface area (Å²) < 4.78 is 40.5. The number of hydrogen-bond acceptors (Lipinski definition) is 6. The number of fused-ring (bicyclic) bond motifs is 2. The maximum absolute atomic E-state index is 13.6. The van der Waals surface area contributed by atoms with Crippen LogP contribution >= 0.6 is 0 Å². The van der Waals surface area contributed by atoms with Crippen LogP contribution in [0.3, 0.4) is 0 Å². The lowest BCUT2D eigenvalue weighted by Crippen LogP contribution is -2.51. The number of hydrogen-bond donors (Lipinski definition) is 1. The smallest absolute Gasteiger partial charge is 0.265 e. The van der Waals surface area contributed by atoms with Crippen LogP contribution in [0.4, 0.5) is 11.4 Å². The summed E-state index contributed by atoms with van der Waals surface area (Å²) in [4.78, 5) is 28.1. The molecule has 0 spiro atoms. The van der Waals surface area contributed by atoms with Crippen molar-refractivity contribution in [3.8, 4) is 11.5 Å². The highest BCUT2D eigenvalue weighted by Gasteiger charge is 2.34. The number of carbonyl (C=O) groups is 2.